The van der Waals surface area contributed by atoms with Gasteiger partial charge in [0.05, 0.1) is 16.3 Å². The van der Waals surface area contributed by atoms with E-state index in [2.05, 4.69) is 0 Å². The second-order valence-corrected chi connectivity index (χ2v) is 8.69. The zero-order valence-electron chi connectivity index (χ0n) is 18.9. The van der Waals surface area contributed by atoms with E-state index in [0.29, 0.717) is 22.7 Å². The lowest BCUT2D eigenvalue weighted by atomic mass is 10.1. The fourth-order valence-electron chi connectivity index (χ4n) is 3.88. The van der Waals surface area contributed by atoms with E-state index in [9.17, 15) is 19.7 Å². The first-order valence-electron chi connectivity index (χ1n) is 10.9. The third kappa shape index (κ3) is 4.53. The van der Waals surface area contributed by atoms with Gasteiger partial charge in [-0.15, -0.1) is 0 Å². The molecule has 8 nitrogen and oxygen atoms in total. The molecule has 0 unspecified atom stereocenters. The molecular weight excluding hydrogens is 514 g/mol. The number of hydrogen-bond acceptors (Lipinski definition) is 6. The predicted octanol–water partition coefficient (Wildman–Crippen LogP) is 6.26. The van der Waals surface area contributed by atoms with E-state index in [1.165, 1.54) is 34.1 Å². The smallest absolute Gasteiger partial charge is 0.287 e. The molecule has 5 rings (SSSR count). The molecule has 3 aromatic carbocycles. The normalized spacial score (nSPS) is 13.8. The average Bonchev–Trinajstić information content (AvgIpc) is 3.36. The molecule has 37 heavy (non-hydrogen) atoms. The highest BCUT2D eigenvalue weighted by molar-refractivity contribution is 7.81. The maximum atomic E-state index is 13.6. The van der Waals surface area contributed by atoms with Crippen LogP contribution in [0.3, 0.4) is 0 Å². The van der Waals surface area contributed by atoms with Crippen molar-refractivity contribution >= 4 is 63.9 Å². The van der Waals surface area contributed by atoms with E-state index in [4.69, 9.17) is 28.2 Å². The summed E-state index contributed by atoms with van der Waals surface area (Å²) in [6.45, 7) is 0. The maximum absolute atomic E-state index is 13.6. The first-order valence-corrected chi connectivity index (χ1v) is 11.7. The van der Waals surface area contributed by atoms with Gasteiger partial charge in [0.25, 0.3) is 17.5 Å². The quantitative estimate of drug-likeness (QED) is 0.0995. The van der Waals surface area contributed by atoms with E-state index in [1.807, 2.05) is 12.1 Å². The van der Waals surface area contributed by atoms with Crippen molar-refractivity contribution in [3.05, 3.63) is 117 Å². The van der Waals surface area contributed by atoms with Gasteiger partial charge in [-0.2, -0.15) is 0 Å². The van der Waals surface area contributed by atoms with Gasteiger partial charge in [0.15, 0.2) is 5.11 Å². The number of carbonyl (C=O) groups is 2. The van der Waals surface area contributed by atoms with Crippen LogP contribution in [0.1, 0.15) is 5.76 Å². The Morgan fingerprint density at radius 1 is 0.838 bits per heavy atom. The van der Waals surface area contributed by atoms with Crippen molar-refractivity contribution in [2.75, 3.05) is 9.80 Å². The second-order valence-electron chi connectivity index (χ2n) is 7.92. The van der Waals surface area contributed by atoms with Crippen molar-refractivity contribution in [1.82, 2.24) is 0 Å². The molecule has 4 aromatic rings. The highest BCUT2D eigenvalue weighted by Crippen LogP contribution is 2.33. The summed E-state index contributed by atoms with van der Waals surface area (Å²) >= 11 is 11.6. The van der Waals surface area contributed by atoms with Crippen molar-refractivity contribution in [2.24, 2.45) is 0 Å². The summed E-state index contributed by atoms with van der Waals surface area (Å²) in [7, 11) is 0. The zero-order chi connectivity index (χ0) is 26.1. The molecule has 0 bridgehead atoms. The molecule has 1 fully saturated rings. The Morgan fingerprint density at radius 2 is 1.41 bits per heavy atom. The van der Waals surface area contributed by atoms with Gasteiger partial charge in [-0.25, -0.2) is 0 Å². The first kappa shape index (κ1) is 24.1. The Morgan fingerprint density at radius 3 is 1.92 bits per heavy atom. The van der Waals surface area contributed by atoms with Gasteiger partial charge in [-0.05, 0) is 66.8 Å². The second kappa shape index (κ2) is 9.81. The van der Waals surface area contributed by atoms with Gasteiger partial charge in [0.2, 0.25) is 0 Å². The molecule has 1 saturated heterocycles. The van der Waals surface area contributed by atoms with Crippen LogP contribution in [0.15, 0.2) is 101 Å². The summed E-state index contributed by atoms with van der Waals surface area (Å²) < 4.78 is 5.85. The minimum atomic E-state index is -0.593. The predicted molar refractivity (Wildman–Crippen MR) is 144 cm³/mol. The number of nitro groups is 1. The number of thiocarbonyl (C=S) groups is 1. The molecule has 10 heteroatoms. The number of carbonyl (C=O) groups excluding carboxylic acids is 2. The van der Waals surface area contributed by atoms with Crippen LogP contribution in [0.2, 0.25) is 5.02 Å². The molecule has 1 aliphatic heterocycles. The molecule has 0 saturated carbocycles. The number of amides is 2. The molecule has 0 N–H and O–H groups in total. The molecule has 0 atom stereocenters. The monoisotopic (exact) mass is 529 g/mol. The number of nitrogens with zero attached hydrogens (tertiary/aromatic N) is 3. The summed E-state index contributed by atoms with van der Waals surface area (Å²) in [6, 6.07) is 25.0. The van der Waals surface area contributed by atoms with Crippen LogP contribution in [0.4, 0.5) is 17.1 Å². The van der Waals surface area contributed by atoms with Crippen LogP contribution < -0.4 is 9.80 Å². The Balaban J connectivity index is 1.56. The molecule has 1 aromatic heterocycles. The summed E-state index contributed by atoms with van der Waals surface area (Å²) in [5.74, 6) is -0.598. The Hall–Kier alpha value is -4.60. The SMILES string of the molecule is O=C1C(=Cc2ccc(-c3ccc([N+](=O)[O-])c(Cl)c3)o2)C(=O)N(c2ccccc2)C(=S)N1c1ccccc1. The third-order valence-electron chi connectivity index (χ3n) is 5.62. The van der Waals surface area contributed by atoms with Crippen molar-refractivity contribution in [3.63, 3.8) is 0 Å². The lowest BCUT2D eigenvalue weighted by Crippen LogP contribution is -2.56. The van der Waals surface area contributed by atoms with Crippen molar-refractivity contribution in [2.45, 2.75) is 0 Å². The minimum Gasteiger partial charge on any atom is -0.457 e. The Kier molecular flexibility index (Phi) is 6.39. The molecule has 182 valence electrons. The van der Waals surface area contributed by atoms with Crippen molar-refractivity contribution in [1.29, 1.82) is 0 Å². The Bertz CT molecular complexity index is 1520. The highest BCUT2D eigenvalue weighted by atomic mass is 35.5. The summed E-state index contributed by atoms with van der Waals surface area (Å²) in [6.07, 6.45) is 1.36. The number of anilines is 2. The van der Waals surface area contributed by atoms with E-state index < -0.39 is 16.7 Å². The number of furan rings is 1. The molecule has 0 aliphatic carbocycles. The first-order chi connectivity index (χ1) is 17.8. The number of halogens is 1. The lowest BCUT2D eigenvalue weighted by Gasteiger charge is -2.36. The molecule has 2 amide bonds. The summed E-state index contributed by atoms with van der Waals surface area (Å²) in [5.41, 5.74) is 1.15. The van der Waals surface area contributed by atoms with Crippen molar-refractivity contribution < 1.29 is 18.9 Å². The zero-order valence-corrected chi connectivity index (χ0v) is 20.5. The number of hydrogen-bond donors (Lipinski definition) is 0. The fourth-order valence-corrected chi connectivity index (χ4v) is 4.50. The van der Waals surface area contributed by atoms with E-state index >= 15 is 0 Å². The van der Waals surface area contributed by atoms with Crippen LogP contribution >= 0.6 is 23.8 Å². The molecule has 0 radical (unpaired) electrons. The van der Waals surface area contributed by atoms with Crippen LogP contribution in [0, 0.1) is 10.1 Å². The van der Waals surface area contributed by atoms with Gasteiger partial charge in [0.1, 0.15) is 22.1 Å². The van der Waals surface area contributed by atoms with Gasteiger partial charge < -0.3 is 4.42 Å². The fraction of sp³-hybridized carbons (Fsp3) is 0. The molecule has 2 heterocycles. The number of nitro benzene ring substituents is 1. The van der Waals surface area contributed by atoms with Crippen LogP contribution in [-0.4, -0.2) is 21.9 Å². The van der Waals surface area contributed by atoms with Crippen LogP contribution in [0.25, 0.3) is 17.4 Å². The number of rotatable bonds is 5. The van der Waals surface area contributed by atoms with Crippen molar-refractivity contribution in [3.8, 4) is 11.3 Å². The van der Waals surface area contributed by atoms with Crippen LogP contribution in [0.5, 0.6) is 0 Å². The summed E-state index contributed by atoms with van der Waals surface area (Å²) in [4.78, 5) is 40.2. The average molecular weight is 530 g/mol. The lowest BCUT2D eigenvalue weighted by molar-refractivity contribution is -0.384. The maximum Gasteiger partial charge on any atom is 0.287 e. The highest BCUT2D eigenvalue weighted by Gasteiger charge is 2.41. The Labute approximate surface area is 221 Å². The topological polar surface area (TPSA) is 96.9 Å². The molecule has 0 spiro atoms. The van der Waals surface area contributed by atoms with Crippen LogP contribution in [-0.2, 0) is 9.59 Å². The molecule has 1 aliphatic rings. The molecular formula is C27H16ClN3O5S. The number of para-hydroxylation sites is 2. The van der Waals surface area contributed by atoms with Gasteiger partial charge in [0, 0.05) is 11.6 Å². The van der Waals surface area contributed by atoms with Gasteiger partial charge in [-0.1, -0.05) is 48.0 Å². The van der Waals surface area contributed by atoms with Gasteiger partial charge in [-0.3, -0.25) is 29.5 Å². The number of benzene rings is 3. The van der Waals surface area contributed by atoms with E-state index in [0.717, 1.165) is 0 Å². The summed E-state index contributed by atoms with van der Waals surface area (Å²) in [5, 5.41) is 11.0. The standard InChI is InChI=1S/C27H16ClN3O5S/c28-22-15-17(11-13-23(22)31(34)35)24-14-12-20(36-24)16-21-25(32)29(18-7-3-1-4-8-18)27(37)30(26(21)33)19-9-5-2-6-10-19/h1-16H. The van der Waals surface area contributed by atoms with E-state index in [1.54, 1.807) is 60.7 Å². The van der Waals surface area contributed by atoms with E-state index in [-0.39, 0.29) is 27.2 Å². The van der Waals surface area contributed by atoms with Gasteiger partial charge >= 0.3 is 0 Å². The largest absolute Gasteiger partial charge is 0.457 e. The minimum absolute atomic E-state index is 0.0326. The third-order valence-corrected chi connectivity index (χ3v) is 6.29.